The molecule has 2 aromatic carbocycles. The van der Waals surface area contributed by atoms with Gasteiger partial charge in [0.2, 0.25) is 0 Å². The fraction of sp³-hybridized carbons (Fsp3) is 0.227. The molecule has 1 N–H and O–H groups in total. The van der Waals surface area contributed by atoms with E-state index in [1.165, 1.54) is 11.1 Å². The van der Waals surface area contributed by atoms with E-state index in [9.17, 15) is 4.79 Å². The van der Waals surface area contributed by atoms with Crippen molar-refractivity contribution in [3.05, 3.63) is 93.9 Å². The highest BCUT2D eigenvalue weighted by Crippen LogP contribution is 2.28. The number of hydrogen-bond acceptors (Lipinski definition) is 3. The van der Waals surface area contributed by atoms with E-state index >= 15 is 0 Å². The SMILES string of the molecule is O=C(NC[C@H](c1ccco1)N1CCc2ccccc2C1)c1ccc(Br)cc1. The van der Waals surface area contributed by atoms with Crippen LogP contribution < -0.4 is 5.32 Å². The third-order valence-electron chi connectivity index (χ3n) is 5.03. The molecular weight excluding hydrogens is 404 g/mol. The van der Waals surface area contributed by atoms with Gasteiger partial charge < -0.3 is 9.73 Å². The molecule has 1 amide bonds. The van der Waals surface area contributed by atoms with E-state index in [4.69, 9.17) is 4.42 Å². The second-order valence-electron chi connectivity index (χ2n) is 6.74. The molecule has 5 heteroatoms. The molecule has 0 unspecified atom stereocenters. The Bertz CT molecular complexity index is 906. The third-order valence-corrected chi connectivity index (χ3v) is 5.56. The number of fused-ring (bicyclic) bond motifs is 1. The van der Waals surface area contributed by atoms with Gasteiger partial charge in [0.05, 0.1) is 12.3 Å². The van der Waals surface area contributed by atoms with Crippen molar-refractivity contribution in [2.45, 2.75) is 19.0 Å². The summed E-state index contributed by atoms with van der Waals surface area (Å²) in [5.74, 6) is 0.807. The Morgan fingerprint density at radius 3 is 2.59 bits per heavy atom. The molecule has 0 saturated carbocycles. The van der Waals surface area contributed by atoms with Gasteiger partial charge in [-0.05, 0) is 53.9 Å². The number of carbonyl (C=O) groups excluding carboxylic acids is 1. The summed E-state index contributed by atoms with van der Waals surface area (Å²) in [5, 5.41) is 3.07. The topological polar surface area (TPSA) is 45.5 Å². The van der Waals surface area contributed by atoms with E-state index in [2.05, 4.69) is 50.4 Å². The molecule has 1 atom stereocenters. The first kappa shape index (κ1) is 18.0. The summed E-state index contributed by atoms with van der Waals surface area (Å²) in [5.41, 5.74) is 3.41. The van der Waals surface area contributed by atoms with Crippen LogP contribution in [0.15, 0.2) is 75.8 Å². The zero-order valence-corrected chi connectivity index (χ0v) is 16.5. The minimum atomic E-state index is -0.0727. The molecule has 138 valence electrons. The molecule has 3 aromatic rings. The molecule has 4 rings (SSSR count). The van der Waals surface area contributed by atoms with Crippen LogP contribution in [-0.4, -0.2) is 23.9 Å². The number of hydrogen-bond donors (Lipinski definition) is 1. The van der Waals surface area contributed by atoms with E-state index < -0.39 is 0 Å². The summed E-state index contributed by atoms with van der Waals surface area (Å²) < 4.78 is 6.65. The van der Waals surface area contributed by atoms with Crippen molar-refractivity contribution < 1.29 is 9.21 Å². The molecule has 2 heterocycles. The van der Waals surface area contributed by atoms with Gasteiger partial charge in [-0.3, -0.25) is 9.69 Å². The number of furan rings is 1. The van der Waals surface area contributed by atoms with Gasteiger partial charge in [0.1, 0.15) is 5.76 Å². The number of nitrogens with zero attached hydrogens (tertiary/aromatic N) is 1. The van der Waals surface area contributed by atoms with Crippen LogP contribution >= 0.6 is 15.9 Å². The fourth-order valence-electron chi connectivity index (χ4n) is 3.57. The fourth-order valence-corrected chi connectivity index (χ4v) is 3.83. The lowest BCUT2D eigenvalue weighted by molar-refractivity contribution is 0.0919. The van der Waals surface area contributed by atoms with E-state index in [-0.39, 0.29) is 11.9 Å². The van der Waals surface area contributed by atoms with Crippen molar-refractivity contribution >= 4 is 21.8 Å². The van der Waals surface area contributed by atoms with Crippen molar-refractivity contribution in [1.29, 1.82) is 0 Å². The van der Waals surface area contributed by atoms with Crippen LogP contribution in [0.5, 0.6) is 0 Å². The summed E-state index contributed by atoms with van der Waals surface area (Å²) in [6.45, 7) is 2.30. The minimum absolute atomic E-state index is 0.00718. The maximum atomic E-state index is 12.5. The first-order valence-corrected chi connectivity index (χ1v) is 9.88. The zero-order chi connectivity index (χ0) is 18.6. The molecule has 1 aliphatic rings. The van der Waals surface area contributed by atoms with Gasteiger partial charge in [-0.15, -0.1) is 0 Å². The van der Waals surface area contributed by atoms with Gasteiger partial charge in [-0.1, -0.05) is 40.2 Å². The Morgan fingerprint density at radius 1 is 1.07 bits per heavy atom. The molecular formula is C22H21BrN2O2. The highest BCUT2D eigenvalue weighted by molar-refractivity contribution is 9.10. The average molecular weight is 425 g/mol. The quantitative estimate of drug-likeness (QED) is 0.652. The standard InChI is InChI=1S/C22H21BrN2O2/c23-19-9-7-17(8-10-19)22(26)24-14-20(21-6-3-13-27-21)25-12-11-16-4-1-2-5-18(16)15-25/h1-10,13,20H,11-12,14-15H2,(H,24,26)/t20-/m1/s1. The number of amides is 1. The second-order valence-corrected chi connectivity index (χ2v) is 7.65. The second kappa shape index (κ2) is 8.11. The first-order chi connectivity index (χ1) is 13.2. The van der Waals surface area contributed by atoms with Crippen molar-refractivity contribution in [1.82, 2.24) is 10.2 Å². The van der Waals surface area contributed by atoms with E-state index in [1.807, 2.05) is 36.4 Å². The summed E-state index contributed by atoms with van der Waals surface area (Å²) >= 11 is 3.40. The summed E-state index contributed by atoms with van der Waals surface area (Å²) in [4.78, 5) is 14.9. The number of halogens is 1. The van der Waals surface area contributed by atoms with Crippen LogP contribution in [0.1, 0.15) is 33.3 Å². The van der Waals surface area contributed by atoms with Crippen LogP contribution in [0.4, 0.5) is 0 Å². The van der Waals surface area contributed by atoms with Crippen LogP contribution in [-0.2, 0) is 13.0 Å². The lowest BCUT2D eigenvalue weighted by Crippen LogP contribution is -2.40. The summed E-state index contributed by atoms with van der Waals surface area (Å²) in [6, 6.07) is 19.8. The molecule has 0 fully saturated rings. The Labute approximate surface area is 167 Å². The summed E-state index contributed by atoms with van der Waals surface area (Å²) in [6.07, 6.45) is 2.70. The Kier molecular flexibility index (Phi) is 5.41. The number of nitrogens with one attached hydrogen (secondary N) is 1. The van der Waals surface area contributed by atoms with Crippen molar-refractivity contribution in [3.8, 4) is 0 Å². The monoisotopic (exact) mass is 424 g/mol. The van der Waals surface area contributed by atoms with E-state index in [0.29, 0.717) is 12.1 Å². The van der Waals surface area contributed by atoms with Crippen LogP contribution in [0.2, 0.25) is 0 Å². The molecule has 0 aliphatic carbocycles. The van der Waals surface area contributed by atoms with Gasteiger partial charge in [0.25, 0.3) is 5.91 Å². The zero-order valence-electron chi connectivity index (χ0n) is 14.9. The van der Waals surface area contributed by atoms with Gasteiger partial charge in [-0.2, -0.15) is 0 Å². The highest BCUT2D eigenvalue weighted by Gasteiger charge is 2.27. The minimum Gasteiger partial charge on any atom is -0.468 e. The first-order valence-electron chi connectivity index (χ1n) is 9.09. The molecule has 27 heavy (non-hydrogen) atoms. The summed E-state index contributed by atoms with van der Waals surface area (Å²) in [7, 11) is 0. The number of rotatable bonds is 5. The molecule has 0 bridgehead atoms. The largest absolute Gasteiger partial charge is 0.468 e. The van der Waals surface area contributed by atoms with Crippen LogP contribution in [0.25, 0.3) is 0 Å². The van der Waals surface area contributed by atoms with Gasteiger partial charge in [-0.25, -0.2) is 0 Å². The number of carbonyl (C=O) groups is 1. The van der Waals surface area contributed by atoms with Gasteiger partial charge in [0, 0.05) is 29.7 Å². The van der Waals surface area contributed by atoms with Gasteiger partial charge in [0.15, 0.2) is 0 Å². The van der Waals surface area contributed by atoms with Crippen LogP contribution in [0.3, 0.4) is 0 Å². The Morgan fingerprint density at radius 2 is 1.85 bits per heavy atom. The molecule has 0 saturated heterocycles. The Balaban J connectivity index is 1.49. The molecule has 1 aliphatic heterocycles. The van der Waals surface area contributed by atoms with Crippen LogP contribution in [0, 0.1) is 0 Å². The maximum absolute atomic E-state index is 12.5. The Hall–Kier alpha value is -2.37. The van der Waals surface area contributed by atoms with E-state index in [0.717, 1.165) is 29.7 Å². The highest BCUT2D eigenvalue weighted by atomic mass is 79.9. The smallest absolute Gasteiger partial charge is 0.251 e. The van der Waals surface area contributed by atoms with Crippen molar-refractivity contribution in [3.63, 3.8) is 0 Å². The molecule has 4 nitrogen and oxygen atoms in total. The normalized spacial score (nSPS) is 15.1. The van der Waals surface area contributed by atoms with Crippen molar-refractivity contribution in [2.75, 3.05) is 13.1 Å². The number of benzene rings is 2. The van der Waals surface area contributed by atoms with Crippen molar-refractivity contribution in [2.24, 2.45) is 0 Å². The molecule has 0 radical (unpaired) electrons. The molecule has 0 spiro atoms. The average Bonchev–Trinajstić information content (AvgIpc) is 3.23. The van der Waals surface area contributed by atoms with E-state index in [1.54, 1.807) is 6.26 Å². The predicted octanol–water partition coefficient (Wildman–Crippen LogP) is 4.57. The lowest BCUT2D eigenvalue weighted by Gasteiger charge is -2.34. The molecule has 1 aromatic heterocycles. The lowest BCUT2D eigenvalue weighted by atomic mass is 9.98. The predicted molar refractivity (Wildman–Crippen MR) is 108 cm³/mol. The maximum Gasteiger partial charge on any atom is 0.251 e. The third kappa shape index (κ3) is 4.15. The van der Waals surface area contributed by atoms with Gasteiger partial charge >= 0.3 is 0 Å².